The van der Waals surface area contributed by atoms with E-state index in [0.717, 1.165) is 36.9 Å². The smallest absolute Gasteiger partial charge is 0.319 e. The van der Waals surface area contributed by atoms with Crippen LogP contribution in [0.1, 0.15) is 42.0 Å². The molecule has 0 aliphatic carbocycles. The van der Waals surface area contributed by atoms with E-state index >= 15 is 0 Å². The van der Waals surface area contributed by atoms with Gasteiger partial charge in [-0.2, -0.15) is 8.78 Å². The molecule has 2 aromatic heterocycles. The average molecular weight is 384 g/mol. The molecular formula is C17H20ClF2N5O. The van der Waals surface area contributed by atoms with Crippen molar-refractivity contribution < 1.29 is 13.6 Å². The largest absolute Gasteiger partial charge is 0.351 e. The predicted molar refractivity (Wildman–Crippen MR) is 94.6 cm³/mol. The summed E-state index contributed by atoms with van der Waals surface area (Å²) in [6, 6.07) is 1.58. The number of hydrogen-bond acceptors (Lipinski definition) is 4. The number of halogens is 3. The lowest BCUT2D eigenvalue weighted by Gasteiger charge is -2.27. The molecule has 26 heavy (non-hydrogen) atoms. The summed E-state index contributed by atoms with van der Waals surface area (Å²) in [5.41, 5.74) is 0.433. The Hall–Kier alpha value is -2.22. The summed E-state index contributed by atoms with van der Waals surface area (Å²) in [4.78, 5) is 24.2. The van der Waals surface area contributed by atoms with Crippen molar-refractivity contribution in [1.29, 1.82) is 0 Å². The van der Waals surface area contributed by atoms with Gasteiger partial charge in [0, 0.05) is 38.7 Å². The Bertz CT molecular complexity index is 776. The summed E-state index contributed by atoms with van der Waals surface area (Å²) in [5, 5.41) is 0.297. The molecule has 3 rings (SSSR count). The molecule has 140 valence electrons. The molecule has 0 saturated carbocycles. The van der Waals surface area contributed by atoms with E-state index in [9.17, 15) is 13.6 Å². The molecule has 1 fully saturated rings. The van der Waals surface area contributed by atoms with Gasteiger partial charge in [-0.05, 0) is 25.3 Å². The van der Waals surface area contributed by atoms with Gasteiger partial charge in [0.25, 0.3) is 5.91 Å². The number of hydrogen-bond donors (Lipinski definition) is 0. The minimum absolute atomic E-state index is 0.0819. The Kier molecular flexibility index (Phi) is 5.70. The van der Waals surface area contributed by atoms with Crippen LogP contribution in [0.5, 0.6) is 0 Å². The Morgan fingerprint density at radius 2 is 2.04 bits per heavy atom. The molecule has 1 saturated heterocycles. The monoisotopic (exact) mass is 383 g/mol. The standard InChI is InChI=1S/C17H20ClF2N5O/c1-23(11-14-21-5-8-25(14)17(19)20)15-13(18)9-12(10-22-15)16(26)24-6-3-2-4-7-24/h5,8-10,17H,2-4,6-7,11H2,1H3. The van der Waals surface area contributed by atoms with Gasteiger partial charge in [0.2, 0.25) is 0 Å². The van der Waals surface area contributed by atoms with Crippen molar-refractivity contribution in [3.63, 3.8) is 0 Å². The Morgan fingerprint density at radius 3 is 2.69 bits per heavy atom. The average Bonchev–Trinajstić information content (AvgIpc) is 3.10. The van der Waals surface area contributed by atoms with Crippen LogP contribution in [-0.4, -0.2) is 45.5 Å². The Labute approximate surface area is 155 Å². The van der Waals surface area contributed by atoms with Crippen LogP contribution >= 0.6 is 11.6 Å². The van der Waals surface area contributed by atoms with E-state index in [0.29, 0.717) is 16.4 Å². The highest BCUT2D eigenvalue weighted by Gasteiger charge is 2.21. The summed E-state index contributed by atoms with van der Waals surface area (Å²) in [6.45, 7) is -1.06. The van der Waals surface area contributed by atoms with Gasteiger partial charge < -0.3 is 9.80 Å². The molecular weight excluding hydrogens is 364 g/mol. The molecule has 1 aliphatic rings. The van der Waals surface area contributed by atoms with E-state index < -0.39 is 6.55 Å². The van der Waals surface area contributed by atoms with Crippen LogP contribution in [0.2, 0.25) is 5.02 Å². The molecule has 0 N–H and O–H groups in total. The lowest BCUT2D eigenvalue weighted by Crippen LogP contribution is -2.35. The number of piperidine rings is 1. The number of likely N-dealkylation sites (tertiary alicyclic amines) is 1. The van der Waals surface area contributed by atoms with E-state index in [2.05, 4.69) is 9.97 Å². The maximum Gasteiger partial charge on any atom is 0.319 e. The van der Waals surface area contributed by atoms with Crippen LogP contribution < -0.4 is 4.90 Å². The van der Waals surface area contributed by atoms with Crippen LogP contribution in [0.25, 0.3) is 0 Å². The van der Waals surface area contributed by atoms with Crippen molar-refractivity contribution in [1.82, 2.24) is 19.4 Å². The molecule has 0 bridgehead atoms. The van der Waals surface area contributed by atoms with Gasteiger partial charge in [0.1, 0.15) is 11.6 Å². The SMILES string of the molecule is CN(Cc1nccn1C(F)F)c1ncc(C(=O)N2CCCCC2)cc1Cl. The molecule has 6 nitrogen and oxygen atoms in total. The molecule has 0 radical (unpaired) electrons. The lowest BCUT2D eigenvalue weighted by molar-refractivity contribution is 0.0669. The highest BCUT2D eigenvalue weighted by atomic mass is 35.5. The number of nitrogens with zero attached hydrogens (tertiary/aromatic N) is 5. The van der Waals surface area contributed by atoms with Crippen LogP contribution in [0.15, 0.2) is 24.7 Å². The molecule has 0 unspecified atom stereocenters. The maximum absolute atomic E-state index is 12.9. The quantitative estimate of drug-likeness (QED) is 0.791. The van der Waals surface area contributed by atoms with E-state index in [1.165, 1.54) is 18.6 Å². The third-order valence-electron chi connectivity index (χ3n) is 4.41. The number of pyridine rings is 1. The minimum atomic E-state index is -2.66. The summed E-state index contributed by atoms with van der Waals surface area (Å²) in [5.74, 6) is 0.529. The number of carbonyl (C=O) groups is 1. The van der Waals surface area contributed by atoms with Gasteiger partial charge in [-0.1, -0.05) is 11.6 Å². The summed E-state index contributed by atoms with van der Waals surface area (Å²) < 4.78 is 26.7. The van der Waals surface area contributed by atoms with Crippen LogP contribution in [0, 0.1) is 0 Å². The fourth-order valence-electron chi connectivity index (χ4n) is 3.04. The molecule has 3 heterocycles. The van der Waals surface area contributed by atoms with Crippen LogP contribution in [0.4, 0.5) is 14.6 Å². The first-order chi connectivity index (χ1) is 12.5. The lowest BCUT2D eigenvalue weighted by atomic mass is 10.1. The van der Waals surface area contributed by atoms with E-state index in [1.54, 1.807) is 22.9 Å². The Balaban J connectivity index is 1.74. The molecule has 0 spiro atoms. The third-order valence-corrected chi connectivity index (χ3v) is 4.69. The third kappa shape index (κ3) is 3.95. The number of imidazole rings is 1. The first-order valence-electron chi connectivity index (χ1n) is 8.43. The van der Waals surface area contributed by atoms with E-state index in [-0.39, 0.29) is 18.3 Å². The number of amides is 1. The number of anilines is 1. The highest BCUT2D eigenvalue weighted by molar-refractivity contribution is 6.33. The molecule has 1 aliphatic heterocycles. The van der Waals surface area contributed by atoms with E-state index in [1.807, 2.05) is 0 Å². The van der Waals surface area contributed by atoms with E-state index in [4.69, 9.17) is 11.6 Å². The highest BCUT2D eigenvalue weighted by Crippen LogP contribution is 2.26. The number of aromatic nitrogens is 3. The van der Waals surface area contributed by atoms with Gasteiger partial charge in [0.15, 0.2) is 0 Å². The minimum Gasteiger partial charge on any atom is -0.351 e. The second-order valence-electron chi connectivity index (χ2n) is 6.27. The number of rotatable bonds is 5. The second kappa shape index (κ2) is 7.99. The summed E-state index contributed by atoms with van der Waals surface area (Å²) in [6.07, 6.45) is 7.18. The van der Waals surface area contributed by atoms with Crippen molar-refractivity contribution >= 4 is 23.3 Å². The van der Waals surface area contributed by atoms with Crippen molar-refractivity contribution in [2.75, 3.05) is 25.0 Å². The van der Waals surface area contributed by atoms with Gasteiger partial charge in [-0.25, -0.2) is 9.97 Å². The van der Waals surface area contributed by atoms with Gasteiger partial charge in [-0.3, -0.25) is 9.36 Å². The first kappa shape index (κ1) is 18.6. The van der Waals surface area contributed by atoms with Crippen molar-refractivity contribution in [3.8, 4) is 0 Å². The zero-order valence-corrected chi connectivity index (χ0v) is 15.2. The van der Waals surface area contributed by atoms with Gasteiger partial charge in [0.05, 0.1) is 17.1 Å². The summed E-state index contributed by atoms with van der Waals surface area (Å²) >= 11 is 6.30. The van der Waals surface area contributed by atoms with Crippen LogP contribution in [-0.2, 0) is 6.54 Å². The zero-order valence-electron chi connectivity index (χ0n) is 14.4. The molecule has 0 atom stereocenters. The van der Waals surface area contributed by atoms with Gasteiger partial charge >= 0.3 is 6.55 Å². The number of carbonyl (C=O) groups excluding carboxylic acids is 1. The van der Waals surface area contributed by atoms with Gasteiger partial charge in [-0.15, -0.1) is 0 Å². The normalized spacial score (nSPS) is 14.7. The first-order valence-corrected chi connectivity index (χ1v) is 8.81. The summed E-state index contributed by atoms with van der Waals surface area (Å²) in [7, 11) is 1.69. The Morgan fingerprint density at radius 1 is 1.31 bits per heavy atom. The molecule has 1 amide bonds. The fourth-order valence-corrected chi connectivity index (χ4v) is 3.35. The topological polar surface area (TPSA) is 54.3 Å². The van der Waals surface area contributed by atoms with Crippen molar-refractivity contribution in [2.45, 2.75) is 32.4 Å². The molecule has 2 aromatic rings. The van der Waals surface area contributed by atoms with Crippen molar-refractivity contribution in [3.05, 3.63) is 41.1 Å². The number of alkyl halides is 2. The predicted octanol–water partition coefficient (Wildman–Crippen LogP) is 3.59. The van der Waals surface area contributed by atoms with Crippen molar-refractivity contribution in [2.24, 2.45) is 0 Å². The second-order valence-corrected chi connectivity index (χ2v) is 6.67. The van der Waals surface area contributed by atoms with Crippen LogP contribution in [0.3, 0.4) is 0 Å². The fraction of sp³-hybridized carbons (Fsp3) is 0.471. The maximum atomic E-state index is 12.9. The molecule has 0 aromatic carbocycles. The molecule has 9 heteroatoms. The zero-order chi connectivity index (χ0) is 18.7.